The Morgan fingerprint density at radius 3 is 2.42 bits per heavy atom. The van der Waals surface area contributed by atoms with Crippen LogP contribution in [0.4, 0.5) is 0 Å². The van der Waals surface area contributed by atoms with E-state index in [-0.39, 0.29) is 16.7 Å². The number of hydrogen-bond acceptors (Lipinski definition) is 3. The molecule has 4 aliphatic rings. The summed E-state index contributed by atoms with van der Waals surface area (Å²) >= 11 is 0. The summed E-state index contributed by atoms with van der Waals surface area (Å²) in [6, 6.07) is 0. The first kappa shape index (κ1) is 28.1. The molecule has 0 aromatic carbocycles. The van der Waals surface area contributed by atoms with Gasteiger partial charge in [0.1, 0.15) is 5.78 Å². The molecule has 7 atom stereocenters. The van der Waals surface area contributed by atoms with Crippen LogP contribution >= 0.6 is 0 Å². The third kappa shape index (κ3) is 5.45. The minimum absolute atomic E-state index is 0.0593. The standard InChI is InChI=1S/C32H55NO3/c1-5-7-9-10-11-21-33(29(35)12-8-6-2)23-32(36)20-19-30(3)24(22-32)13-14-25-26-15-16-28(34)31(26,4)18-17-27(25)30/h24-27,36H,5-23H2,1-4H3/t24-,25-,26-,27-,30-,31-,32+/m0/s1. The minimum atomic E-state index is -0.741. The number of hydrogen-bond donors (Lipinski definition) is 1. The average Bonchev–Trinajstić information content (AvgIpc) is 3.16. The van der Waals surface area contributed by atoms with Gasteiger partial charge in [-0.25, -0.2) is 0 Å². The van der Waals surface area contributed by atoms with Crippen molar-refractivity contribution in [2.24, 2.45) is 34.5 Å². The lowest BCUT2D eigenvalue weighted by Crippen LogP contribution is -2.58. The van der Waals surface area contributed by atoms with Gasteiger partial charge in [0.15, 0.2) is 0 Å². The highest BCUT2D eigenvalue weighted by Gasteiger charge is 2.61. The van der Waals surface area contributed by atoms with Gasteiger partial charge in [0, 0.05) is 31.3 Å². The SMILES string of the molecule is CCCCCCCN(C[C@@]1(O)CC[C@@]2(C)[C@@H](CC[C@@H]3[C@@H]2CC[C@]2(C)C(=O)CC[C@@H]32)C1)C(=O)CCCC. The molecule has 4 saturated carbocycles. The largest absolute Gasteiger partial charge is 0.388 e. The zero-order valence-electron chi connectivity index (χ0n) is 24.0. The second kappa shape index (κ2) is 11.5. The summed E-state index contributed by atoms with van der Waals surface area (Å²) < 4.78 is 0. The number of Topliss-reactive ketones (excluding diaryl/α,β-unsaturated/α-hetero) is 1. The van der Waals surface area contributed by atoms with Gasteiger partial charge in [-0.2, -0.15) is 0 Å². The molecule has 36 heavy (non-hydrogen) atoms. The molecule has 4 rings (SSSR count). The predicted molar refractivity (Wildman–Crippen MR) is 147 cm³/mol. The van der Waals surface area contributed by atoms with Crippen LogP contribution in [0.2, 0.25) is 0 Å². The van der Waals surface area contributed by atoms with Crippen LogP contribution in [0.15, 0.2) is 0 Å². The van der Waals surface area contributed by atoms with Gasteiger partial charge in [0.05, 0.1) is 5.60 Å². The molecule has 0 radical (unpaired) electrons. The first-order valence-corrected chi connectivity index (χ1v) is 15.7. The Labute approximate surface area is 221 Å². The van der Waals surface area contributed by atoms with E-state index < -0.39 is 5.60 Å². The number of unbranched alkanes of at least 4 members (excludes halogenated alkanes) is 5. The highest BCUT2D eigenvalue weighted by Crippen LogP contribution is 2.66. The summed E-state index contributed by atoms with van der Waals surface area (Å²) in [5.74, 6) is 3.29. The molecular weight excluding hydrogens is 446 g/mol. The summed E-state index contributed by atoms with van der Waals surface area (Å²) in [7, 11) is 0. The smallest absolute Gasteiger partial charge is 0.222 e. The maximum atomic E-state index is 13.1. The molecule has 4 fully saturated rings. The fraction of sp³-hybridized carbons (Fsp3) is 0.938. The van der Waals surface area contributed by atoms with Crippen molar-refractivity contribution in [3.8, 4) is 0 Å². The van der Waals surface area contributed by atoms with Gasteiger partial charge in [0.25, 0.3) is 0 Å². The lowest BCUT2D eigenvalue weighted by molar-refractivity contribution is -0.161. The van der Waals surface area contributed by atoms with Gasteiger partial charge >= 0.3 is 0 Å². The Morgan fingerprint density at radius 2 is 1.67 bits per heavy atom. The van der Waals surface area contributed by atoms with Crippen molar-refractivity contribution in [1.82, 2.24) is 4.90 Å². The molecule has 4 aliphatic carbocycles. The summed E-state index contributed by atoms with van der Waals surface area (Å²) in [6.45, 7) is 10.5. The summed E-state index contributed by atoms with van der Waals surface area (Å²) in [6.07, 6.45) is 17.9. The molecular formula is C32H55NO3. The Balaban J connectivity index is 1.41. The summed E-state index contributed by atoms with van der Waals surface area (Å²) in [4.78, 5) is 27.9. The topological polar surface area (TPSA) is 57.6 Å². The molecule has 0 aromatic rings. The highest BCUT2D eigenvalue weighted by atomic mass is 16.3. The Hall–Kier alpha value is -0.900. The van der Waals surface area contributed by atoms with Gasteiger partial charge < -0.3 is 10.0 Å². The fourth-order valence-electron chi connectivity index (χ4n) is 9.28. The monoisotopic (exact) mass is 501 g/mol. The lowest BCUT2D eigenvalue weighted by Gasteiger charge is -2.61. The lowest BCUT2D eigenvalue weighted by atomic mass is 9.44. The van der Waals surface area contributed by atoms with E-state index in [0.29, 0.717) is 42.4 Å². The van der Waals surface area contributed by atoms with Crippen molar-refractivity contribution in [3.63, 3.8) is 0 Å². The molecule has 0 unspecified atom stereocenters. The highest BCUT2D eigenvalue weighted by molar-refractivity contribution is 5.87. The predicted octanol–water partition coefficient (Wildman–Crippen LogP) is 7.32. The van der Waals surface area contributed by atoms with Crippen LogP contribution in [-0.2, 0) is 9.59 Å². The number of nitrogens with zero attached hydrogens (tertiary/aromatic N) is 1. The first-order chi connectivity index (χ1) is 17.2. The Bertz CT molecular complexity index is 781. The van der Waals surface area contributed by atoms with Crippen LogP contribution in [-0.4, -0.2) is 40.4 Å². The van der Waals surface area contributed by atoms with Crippen molar-refractivity contribution in [2.45, 2.75) is 142 Å². The molecule has 4 nitrogen and oxygen atoms in total. The van der Waals surface area contributed by atoms with Crippen molar-refractivity contribution < 1.29 is 14.7 Å². The van der Waals surface area contributed by atoms with E-state index in [1.165, 1.54) is 44.9 Å². The molecule has 1 amide bonds. The van der Waals surface area contributed by atoms with E-state index in [1.54, 1.807) is 0 Å². The van der Waals surface area contributed by atoms with Crippen molar-refractivity contribution in [1.29, 1.82) is 0 Å². The number of ketones is 1. The third-order valence-corrected chi connectivity index (χ3v) is 11.6. The van der Waals surface area contributed by atoms with Crippen LogP contribution in [0.5, 0.6) is 0 Å². The molecule has 0 aliphatic heterocycles. The Morgan fingerprint density at radius 1 is 0.917 bits per heavy atom. The zero-order chi connectivity index (χ0) is 26.0. The van der Waals surface area contributed by atoms with E-state index in [4.69, 9.17) is 0 Å². The quantitative estimate of drug-likeness (QED) is 0.302. The number of aliphatic hydroxyl groups is 1. The molecule has 1 N–H and O–H groups in total. The maximum Gasteiger partial charge on any atom is 0.222 e. The molecule has 0 saturated heterocycles. The van der Waals surface area contributed by atoms with E-state index in [1.807, 2.05) is 4.90 Å². The van der Waals surface area contributed by atoms with E-state index in [2.05, 4.69) is 27.7 Å². The van der Waals surface area contributed by atoms with Gasteiger partial charge in [0.2, 0.25) is 5.91 Å². The van der Waals surface area contributed by atoms with Crippen molar-refractivity contribution in [3.05, 3.63) is 0 Å². The third-order valence-electron chi connectivity index (χ3n) is 11.6. The van der Waals surface area contributed by atoms with Gasteiger partial charge in [-0.3, -0.25) is 9.59 Å². The van der Waals surface area contributed by atoms with E-state index >= 15 is 0 Å². The average molecular weight is 502 g/mol. The van der Waals surface area contributed by atoms with Crippen molar-refractivity contribution in [2.75, 3.05) is 13.1 Å². The Kier molecular flexibility index (Phi) is 8.95. The van der Waals surface area contributed by atoms with Gasteiger partial charge in [-0.05, 0) is 93.3 Å². The molecule has 0 aromatic heterocycles. The normalized spacial score (nSPS) is 39.9. The molecule has 0 heterocycles. The number of amides is 1. The maximum absolute atomic E-state index is 13.1. The van der Waals surface area contributed by atoms with Crippen LogP contribution in [0.1, 0.15) is 137 Å². The number of carbonyl (C=O) groups excluding carboxylic acids is 2. The summed E-state index contributed by atoms with van der Waals surface area (Å²) in [5.41, 5.74) is -0.523. The number of carbonyl (C=O) groups is 2. The number of fused-ring (bicyclic) bond motifs is 5. The summed E-state index contributed by atoms with van der Waals surface area (Å²) in [5, 5.41) is 11.9. The second-order valence-electron chi connectivity index (χ2n) is 13.8. The number of rotatable bonds is 11. The van der Waals surface area contributed by atoms with Crippen molar-refractivity contribution >= 4 is 11.7 Å². The first-order valence-electron chi connectivity index (χ1n) is 15.7. The molecule has 0 bridgehead atoms. The molecule has 0 spiro atoms. The van der Waals surface area contributed by atoms with E-state index in [9.17, 15) is 14.7 Å². The molecule has 206 valence electrons. The second-order valence-corrected chi connectivity index (χ2v) is 13.8. The zero-order valence-corrected chi connectivity index (χ0v) is 24.0. The van der Waals surface area contributed by atoms with Crippen LogP contribution < -0.4 is 0 Å². The van der Waals surface area contributed by atoms with Gasteiger partial charge in [-0.1, -0.05) is 59.8 Å². The van der Waals surface area contributed by atoms with Crippen LogP contribution in [0.3, 0.4) is 0 Å². The fourth-order valence-corrected chi connectivity index (χ4v) is 9.28. The minimum Gasteiger partial charge on any atom is -0.388 e. The van der Waals surface area contributed by atoms with Crippen LogP contribution in [0.25, 0.3) is 0 Å². The molecule has 4 heteroatoms. The van der Waals surface area contributed by atoms with Crippen LogP contribution in [0, 0.1) is 34.5 Å². The van der Waals surface area contributed by atoms with Gasteiger partial charge in [-0.15, -0.1) is 0 Å². The van der Waals surface area contributed by atoms with E-state index in [0.717, 1.165) is 64.3 Å².